The van der Waals surface area contributed by atoms with Gasteiger partial charge in [-0.1, -0.05) is 11.8 Å². The van der Waals surface area contributed by atoms with Crippen LogP contribution in [0.15, 0.2) is 78.2 Å². The normalized spacial score (nSPS) is 13.4. The number of rotatable bonds is 7. The number of aromatic nitrogens is 4. The van der Waals surface area contributed by atoms with Gasteiger partial charge >= 0.3 is 0 Å². The molecule has 1 amide bonds. The van der Waals surface area contributed by atoms with Gasteiger partial charge in [-0.2, -0.15) is 0 Å². The van der Waals surface area contributed by atoms with Crippen LogP contribution in [0.5, 0.6) is 0 Å². The Morgan fingerprint density at radius 1 is 0.941 bits per heavy atom. The van der Waals surface area contributed by atoms with Crippen molar-refractivity contribution in [3.63, 3.8) is 0 Å². The molecule has 0 N–H and O–H groups in total. The highest BCUT2D eigenvalue weighted by atomic mass is 32.2. The number of thioether (sulfide) groups is 1. The molecule has 0 atom stereocenters. The quantitative estimate of drug-likeness (QED) is 0.289. The lowest BCUT2D eigenvalue weighted by Gasteiger charge is -2.15. The van der Waals surface area contributed by atoms with Gasteiger partial charge in [0.05, 0.1) is 5.75 Å². The van der Waals surface area contributed by atoms with Crippen LogP contribution in [0.2, 0.25) is 0 Å². The highest BCUT2D eigenvalue weighted by Gasteiger charge is 2.22. The number of ketones is 1. The van der Waals surface area contributed by atoms with Gasteiger partial charge in [0.1, 0.15) is 5.82 Å². The summed E-state index contributed by atoms with van der Waals surface area (Å²) in [5.74, 6) is 0.426. The Morgan fingerprint density at radius 2 is 1.65 bits per heavy atom. The second-order valence-electron chi connectivity index (χ2n) is 7.76. The minimum absolute atomic E-state index is 0.0663. The van der Waals surface area contributed by atoms with E-state index in [9.17, 15) is 14.0 Å². The largest absolute Gasteiger partial charge is 0.312 e. The van der Waals surface area contributed by atoms with Crippen molar-refractivity contribution in [3.05, 3.63) is 84.4 Å². The first-order valence-corrected chi connectivity index (χ1v) is 11.8. The first-order chi connectivity index (χ1) is 16.6. The number of hydrogen-bond donors (Lipinski definition) is 0. The van der Waals surface area contributed by atoms with Gasteiger partial charge in [-0.3, -0.25) is 19.1 Å². The van der Waals surface area contributed by atoms with Gasteiger partial charge in [-0.05, 0) is 67.1 Å². The lowest BCUT2D eigenvalue weighted by Crippen LogP contribution is -2.23. The molecule has 170 valence electrons. The molecular weight excluding hydrogens is 453 g/mol. The second-order valence-corrected chi connectivity index (χ2v) is 8.70. The molecule has 7 nitrogen and oxygen atoms in total. The summed E-state index contributed by atoms with van der Waals surface area (Å²) in [4.78, 5) is 30.6. The highest BCUT2D eigenvalue weighted by molar-refractivity contribution is 7.99. The monoisotopic (exact) mass is 473 g/mol. The number of amides is 1. The number of carbonyl (C=O) groups excluding carboxylic acids is 2. The van der Waals surface area contributed by atoms with E-state index < -0.39 is 0 Å². The van der Waals surface area contributed by atoms with Crippen LogP contribution in [0.4, 0.5) is 10.1 Å². The van der Waals surface area contributed by atoms with Crippen molar-refractivity contribution in [3.8, 4) is 17.1 Å². The van der Waals surface area contributed by atoms with Crippen LogP contribution in [0.3, 0.4) is 0 Å². The van der Waals surface area contributed by atoms with Crippen LogP contribution in [-0.2, 0) is 4.79 Å². The van der Waals surface area contributed by atoms with Crippen LogP contribution in [-0.4, -0.2) is 43.7 Å². The molecule has 4 aromatic rings. The first-order valence-electron chi connectivity index (χ1n) is 10.8. The zero-order valence-electron chi connectivity index (χ0n) is 18.1. The second kappa shape index (κ2) is 9.56. The number of benzene rings is 2. The van der Waals surface area contributed by atoms with Crippen LogP contribution in [0.1, 0.15) is 23.2 Å². The molecule has 0 saturated carbocycles. The molecular formula is C25H20FN5O2S. The molecule has 1 fully saturated rings. The van der Waals surface area contributed by atoms with Gasteiger partial charge in [0.15, 0.2) is 16.8 Å². The fourth-order valence-corrected chi connectivity index (χ4v) is 4.68. The van der Waals surface area contributed by atoms with Crippen LogP contribution in [0.25, 0.3) is 17.1 Å². The average molecular weight is 474 g/mol. The molecule has 9 heteroatoms. The Bertz CT molecular complexity index is 1320. The maximum absolute atomic E-state index is 13.5. The third kappa shape index (κ3) is 4.47. The topological polar surface area (TPSA) is 81.0 Å². The number of halogens is 1. The van der Waals surface area contributed by atoms with Gasteiger partial charge < -0.3 is 4.90 Å². The van der Waals surface area contributed by atoms with Gasteiger partial charge in [0.25, 0.3) is 0 Å². The summed E-state index contributed by atoms with van der Waals surface area (Å²) in [6.07, 6.45) is 4.74. The summed E-state index contributed by atoms with van der Waals surface area (Å²) in [7, 11) is 0. The Kier molecular flexibility index (Phi) is 6.18. The number of pyridine rings is 1. The molecule has 34 heavy (non-hydrogen) atoms. The van der Waals surface area contributed by atoms with Gasteiger partial charge in [-0.15, -0.1) is 10.2 Å². The molecule has 1 aliphatic heterocycles. The van der Waals surface area contributed by atoms with E-state index in [1.807, 2.05) is 24.3 Å². The van der Waals surface area contributed by atoms with E-state index in [0.717, 1.165) is 17.7 Å². The zero-order valence-corrected chi connectivity index (χ0v) is 18.9. The van der Waals surface area contributed by atoms with Crippen molar-refractivity contribution in [2.45, 2.75) is 18.0 Å². The van der Waals surface area contributed by atoms with Crippen molar-refractivity contribution >= 4 is 29.1 Å². The minimum Gasteiger partial charge on any atom is -0.312 e. The number of carbonyl (C=O) groups is 2. The van der Waals surface area contributed by atoms with Crippen LogP contribution >= 0.6 is 11.8 Å². The van der Waals surface area contributed by atoms with Crippen molar-refractivity contribution < 1.29 is 14.0 Å². The third-order valence-electron chi connectivity index (χ3n) is 5.56. The van der Waals surface area contributed by atoms with Gasteiger partial charge in [0.2, 0.25) is 5.91 Å². The molecule has 0 aliphatic carbocycles. The van der Waals surface area contributed by atoms with Crippen molar-refractivity contribution in [1.29, 1.82) is 0 Å². The molecule has 0 spiro atoms. The van der Waals surface area contributed by atoms with Crippen LogP contribution < -0.4 is 4.90 Å². The van der Waals surface area contributed by atoms with E-state index in [-0.39, 0.29) is 23.3 Å². The number of hydrogen-bond acceptors (Lipinski definition) is 6. The predicted molar refractivity (Wildman–Crippen MR) is 128 cm³/mol. The summed E-state index contributed by atoms with van der Waals surface area (Å²) in [5.41, 5.74) is 2.86. The molecule has 2 aromatic carbocycles. The average Bonchev–Trinajstić information content (AvgIpc) is 3.50. The smallest absolute Gasteiger partial charge is 0.227 e. The molecule has 1 saturated heterocycles. The van der Waals surface area contributed by atoms with E-state index in [1.165, 1.54) is 23.9 Å². The standard InChI is InChI=1S/C25H20FN5O2S/c26-19-5-9-21(10-6-19)31-24(18-11-13-27-14-12-18)28-29-25(31)34-16-22(32)17-3-7-20(8-4-17)30-15-1-2-23(30)33/h3-14H,1-2,15-16H2. The van der Waals surface area contributed by atoms with E-state index in [4.69, 9.17) is 0 Å². The summed E-state index contributed by atoms with van der Waals surface area (Å²) < 4.78 is 15.3. The van der Waals surface area contributed by atoms with Gasteiger partial charge in [-0.25, -0.2) is 4.39 Å². The van der Waals surface area contributed by atoms with E-state index in [0.29, 0.717) is 35.2 Å². The Balaban J connectivity index is 1.37. The zero-order chi connectivity index (χ0) is 23.5. The molecule has 0 radical (unpaired) electrons. The first kappa shape index (κ1) is 22.0. The number of nitrogens with zero attached hydrogens (tertiary/aromatic N) is 5. The number of Topliss-reactive ketones (excluding diaryl/α,β-unsaturated/α-hetero) is 1. The molecule has 5 rings (SSSR count). The molecule has 1 aliphatic rings. The van der Waals surface area contributed by atoms with E-state index in [2.05, 4.69) is 15.2 Å². The van der Waals surface area contributed by atoms with Crippen molar-refractivity contribution in [2.24, 2.45) is 0 Å². The summed E-state index contributed by atoms with van der Waals surface area (Å²) in [6, 6.07) is 16.8. The molecule has 0 unspecified atom stereocenters. The third-order valence-corrected chi connectivity index (χ3v) is 6.49. The number of anilines is 1. The van der Waals surface area contributed by atoms with Crippen LogP contribution in [0, 0.1) is 5.82 Å². The molecule has 3 heterocycles. The summed E-state index contributed by atoms with van der Waals surface area (Å²) in [6.45, 7) is 0.709. The predicted octanol–water partition coefficient (Wildman–Crippen LogP) is 4.57. The fourth-order valence-electron chi connectivity index (χ4n) is 3.84. The SMILES string of the molecule is O=C(CSc1nnc(-c2ccncc2)n1-c1ccc(F)cc1)c1ccc(N2CCCC2=O)cc1. The summed E-state index contributed by atoms with van der Waals surface area (Å²) in [5, 5.41) is 9.14. The summed E-state index contributed by atoms with van der Waals surface area (Å²) >= 11 is 1.26. The Morgan fingerprint density at radius 3 is 2.32 bits per heavy atom. The minimum atomic E-state index is -0.342. The van der Waals surface area contributed by atoms with Crippen molar-refractivity contribution in [2.75, 3.05) is 17.2 Å². The van der Waals surface area contributed by atoms with Crippen molar-refractivity contribution in [1.82, 2.24) is 19.7 Å². The Hall–Kier alpha value is -3.85. The highest BCUT2D eigenvalue weighted by Crippen LogP contribution is 2.29. The maximum atomic E-state index is 13.5. The van der Waals surface area contributed by atoms with Gasteiger partial charge in [0, 0.05) is 47.9 Å². The lowest BCUT2D eigenvalue weighted by molar-refractivity contribution is -0.117. The maximum Gasteiger partial charge on any atom is 0.227 e. The van der Waals surface area contributed by atoms with E-state index >= 15 is 0 Å². The Labute approximate surface area is 199 Å². The molecule has 0 bridgehead atoms. The fraction of sp³-hybridized carbons (Fsp3) is 0.160. The molecule has 2 aromatic heterocycles. The lowest BCUT2D eigenvalue weighted by atomic mass is 10.1. The van der Waals surface area contributed by atoms with E-state index in [1.54, 1.807) is 46.1 Å².